The predicted octanol–water partition coefficient (Wildman–Crippen LogP) is 2.37. The summed E-state index contributed by atoms with van der Waals surface area (Å²) in [4.78, 5) is 3.80. The van der Waals surface area contributed by atoms with Gasteiger partial charge in [-0.05, 0) is 48.9 Å². The molecular weight excluding hydrogens is 390 g/mol. The molecule has 1 aromatic heterocycles. The van der Waals surface area contributed by atoms with Crippen molar-refractivity contribution in [3.8, 4) is 0 Å². The molecule has 156 valence electrons. The Morgan fingerprint density at radius 3 is 2.52 bits per heavy atom. The van der Waals surface area contributed by atoms with Crippen molar-refractivity contribution in [2.75, 3.05) is 6.54 Å². The van der Waals surface area contributed by atoms with E-state index in [9.17, 15) is 13.9 Å². The van der Waals surface area contributed by atoms with Gasteiger partial charge in [0.2, 0.25) is 0 Å². The molecule has 29 heavy (non-hydrogen) atoms. The zero-order chi connectivity index (χ0) is 21.2. The average molecular weight is 411 g/mol. The van der Waals surface area contributed by atoms with Gasteiger partial charge in [-0.1, -0.05) is 6.07 Å². The first-order valence-corrected chi connectivity index (χ1v) is 8.93. The van der Waals surface area contributed by atoms with E-state index in [-0.39, 0.29) is 0 Å². The lowest BCUT2D eigenvalue weighted by atomic mass is 9.84. The van der Waals surface area contributed by atoms with Crippen LogP contribution in [0.3, 0.4) is 0 Å². The molecule has 0 amide bonds. The minimum absolute atomic E-state index is 0.403. The molecule has 1 heterocycles. The normalized spacial score (nSPS) is 16.8. The number of nitrogens with two attached hydrogens (primary N) is 2. The molecule has 1 aliphatic carbocycles. The van der Waals surface area contributed by atoms with Crippen molar-refractivity contribution in [3.63, 3.8) is 0 Å². The summed E-state index contributed by atoms with van der Waals surface area (Å²) >= 11 is 0. The van der Waals surface area contributed by atoms with Crippen molar-refractivity contribution in [1.82, 2.24) is 9.99 Å². The van der Waals surface area contributed by atoms with Crippen molar-refractivity contribution in [2.24, 2.45) is 22.7 Å². The van der Waals surface area contributed by atoms with Gasteiger partial charge in [0, 0.05) is 17.8 Å². The highest BCUT2D eigenvalue weighted by Gasteiger charge is 2.58. The van der Waals surface area contributed by atoms with E-state index in [1.165, 1.54) is 12.3 Å². The Kier molecular flexibility index (Phi) is 5.76. The first-order valence-electron chi connectivity index (χ1n) is 8.93. The van der Waals surface area contributed by atoms with Crippen LogP contribution in [-0.4, -0.2) is 28.0 Å². The first kappa shape index (κ1) is 21.0. The largest absolute Gasteiger partial charge is 0.377 e. The molecular formula is C19H21F4N5O. The summed E-state index contributed by atoms with van der Waals surface area (Å²) in [7, 11) is 0. The number of hydrazone groups is 1. The third-order valence-corrected chi connectivity index (χ3v) is 4.89. The van der Waals surface area contributed by atoms with E-state index >= 15 is 8.78 Å². The van der Waals surface area contributed by atoms with Crippen molar-refractivity contribution >= 4 is 6.34 Å². The maximum Gasteiger partial charge on any atom is 0.323 e. The topological polar surface area (TPSA) is 101 Å². The second-order valence-corrected chi connectivity index (χ2v) is 7.19. The fourth-order valence-electron chi connectivity index (χ4n) is 3.17. The van der Waals surface area contributed by atoms with Gasteiger partial charge < -0.3 is 10.9 Å². The molecule has 0 saturated heterocycles. The third-order valence-electron chi connectivity index (χ3n) is 4.89. The second-order valence-electron chi connectivity index (χ2n) is 7.19. The molecule has 6 nitrogen and oxygen atoms in total. The van der Waals surface area contributed by atoms with Crippen molar-refractivity contribution < 1.29 is 22.7 Å². The zero-order valence-electron chi connectivity index (χ0n) is 15.4. The molecule has 0 radical (unpaired) electrons. The van der Waals surface area contributed by atoms with E-state index in [2.05, 4.69) is 10.1 Å². The van der Waals surface area contributed by atoms with Gasteiger partial charge in [0.1, 0.15) is 23.7 Å². The Morgan fingerprint density at radius 1 is 1.24 bits per heavy atom. The number of nitrogens with zero attached hydrogens (tertiary/aromatic N) is 3. The number of pyridine rings is 1. The second kappa shape index (κ2) is 7.96. The van der Waals surface area contributed by atoms with Crippen LogP contribution in [0.25, 0.3) is 0 Å². The van der Waals surface area contributed by atoms with Gasteiger partial charge in [-0.25, -0.2) is 14.6 Å². The van der Waals surface area contributed by atoms with Crippen LogP contribution in [-0.2, 0) is 17.9 Å². The fourth-order valence-corrected chi connectivity index (χ4v) is 3.17. The van der Waals surface area contributed by atoms with Crippen LogP contribution < -0.4 is 11.7 Å². The minimum atomic E-state index is -4.08. The zero-order valence-corrected chi connectivity index (χ0v) is 15.4. The summed E-state index contributed by atoms with van der Waals surface area (Å²) in [5.41, 5.74) is -4.01. The van der Waals surface area contributed by atoms with E-state index in [1.54, 1.807) is 0 Å². The van der Waals surface area contributed by atoms with Gasteiger partial charge in [0.25, 0.3) is 0 Å². The number of alkyl halides is 2. The van der Waals surface area contributed by atoms with Crippen molar-refractivity contribution in [1.29, 1.82) is 0 Å². The Hall–Kier alpha value is -2.72. The van der Waals surface area contributed by atoms with E-state index < -0.39 is 41.0 Å². The van der Waals surface area contributed by atoms with Gasteiger partial charge in [-0.2, -0.15) is 13.9 Å². The summed E-state index contributed by atoms with van der Waals surface area (Å²) in [6.45, 7) is -0.991. The summed E-state index contributed by atoms with van der Waals surface area (Å²) in [5.74, 6) is 4.63. The summed E-state index contributed by atoms with van der Waals surface area (Å²) in [6, 6.07) is 4.50. The number of hydrogen-bond acceptors (Lipinski definition) is 5. The molecule has 3 rings (SSSR count). The van der Waals surface area contributed by atoms with E-state index in [0.717, 1.165) is 49.4 Å². The van der Waals surface area contributed by atoms with Gasteiger partial charge in [-0.15, -0.1) is 0 Å². The number of aliphatic hydroxyl groups is 1. The third kappa shape index (κ3) is 4.33. The maximum absolute atomic E-state index is 15.4. The molecule has 1 saturated carbocycles. The number of aromatic nitrogens is 1. The van der Waals surface area contributed by atoms with Gasteiger partial charge >= 0.3 is 5.92 Å². The number of benzene rings is 1. The lowest BCUT2D eigenvalue weighted by Crippen LogP contribution is -2.53. The minimum Gasteiger partial charge on any atom is -0.377 e. The smallest absolute Gasteiger partial charge is 0.323 e. The molecule has 1 atom stereocenters. The monoisotopic (exact) mass is 411 g/mol. The van der Waals surface area contributed by atoms with Crippen LogP contribution in [0.1, 0.15) is 29.7 Å². The van der Waals surface area contributed by atoms with Crippen LogP contribution in [0, 0.1) is 17.6 Å². The molecule has 10 heteroatoms. The van der Waals surface area contributed by atoms with Gasteiger partial charge in [0.05, 0.1) is 6.54 Å². The van der Waals surface area contributed by atoms with Crippen LogP contribution in [0.5, 0.6) is 0 Å². The molecule has 1 unspecified atom stereocenters. The molecule has 0 spiro atoms. The average Bonchev–Trinajstić information content (AvgIpc) is 3.46. The highest BCUT2D eigenvalue weighted by Crippen LogP contribution is 2.46. The van der Waals surface area contributed by atoms with Crippen LogP contribution >= 0.6 is 0 Å². The molecule has 1 aliphatic rings. The molecule has 1 fully saturated rings. The number of hydrogen-bond donors (Lipinski definition) is 3. The van der Waals surface area contributed by atoms with E-state index in [1.807, 2.05) is 0 Å². The van der Waals surface area contributed by atoms with Crippen LogP contribution in [0.4, 0.5) is 17.6 Å². The molecule has 0 bridgehead atoms. The van der Waals surface area contributed by atoms with Gasteiger partial charge in [-0.3, -0.25) is 9.99 Å². The fraction of sp³-hybridized carbons (Fsp3) is 0.368. The predicted molar refractivity (Wildman–Crippen MR) is 98.4 cm³/mol. The van der Waals surface area contributed by atoms with Crippen molar-refractivity contribution in [3.05, 3.63) is 65.0 Å². The molecule has 0 aliphatic heterocycles. The summed E-state index contributed by atoms with van der Waals surface area (Å²) < 4.78 is 58.6. The Morgan fingerprint density at radius 2 is 1.97 bits per heavy atom. The highest BCUT2D eigenvalue weighted by atomic mass is 19.3. The van der Waals surface area contributed by atoms with E-state index in [4.69, 9.17) is 11.7 Å². The van der Waals surface area contributed by atoms with Gasteiger partial charge in [0.15, 0.2) is 5.60 Å². The lowest BCUT2D eigenvalue weighted by Gasteiger charge is -2.37. The molecule has 5 N–H and O–H groups in total. The molecule has 1 aromatic carbocycles. The summed E-state index contributed by atoms with van der Waals surface area (Å²) in [6.07, 6.45) is 5.02. The quantitative estimate of drug-likeness (QED) is 0.204. The number of hydrazine groups is 1. The SMILES string of the molecule is N/N=C\N(N)CC(O)(c1ccc(F)cc1F)C(F)(F)c1ccc(CC2CC2)cn1. The van der Waals surface area contributed by atoms with E-state index in [0.29, 0.717) is 17.0 Å². The first-order chi connectivity index (χ1) is 13.7. The molecule has 2 aromatic rings. The number of rotatable bonds is 8. The Labute approximate surface area is 164 Å². The Balaban J connectivity index is 2.02. The Bertz CT molecular complexity index is 889. The highest BCUT2D eigenvalue weighted by molar-refractivity contribution is 5.53. The van der Waals surface area contributed by atoms with Crippen LogP contribution in [0.15, 0.2) is 41.6 Å². The lowest BCUT2D eigenvalue weighted by molar-refractivity contribution is -0.203. The standard InChI is InChI=1S/C19H21F4N5O/c20-14-4-5-15(16(21)8-14)18(29,10-28(25)11-27-24)19(22,23)17-6-3-13(9-26-17)7-12-1-2-12/h3-6,8-9,11-12,29H,1-2,7,10,24-25H2/b27-11-. The summed E-state index contributed by atoms with van der Waals surface area (Å²) in [5, 5.41) is 14.7. The maximum atomic E-state index is 15.4. The van der Waals surface area contributed by atoms with Crippen LogP contribution in [0.2, 0.25) is 0 Å². The van der Waals surface area contributed by atoms with Crippen molar-refractivity contribution in [2.45, 2.75) is 30.8 Å². The number of halogens is 4.